The zero-order chi connectivity index (χ0) is 18.8. The van der Waals surface area contributed by atoms with Crippen LogP contribution in [0.1, 0.15) is 21.7 Å². The van der Waals surface area contributed by atoms with Gasteiger partial charge in [-0.3, -0.25) is 14.2 Å². The van der Waals surface area contributed by atoms with Gasteiger partial charge in [-0.25, -0.2) is 9.78 Å². The summed E-state index contributed by atoms with van der Waals surface area (Å²) in [4.78, 5) is 42.8. The van der Waals surface area contributed by atoms with E-state index in [0.29, 0.717) is 17.2 Å². The Morgan fingerprint density at radius 1 is 1.27 bits per heavy atom. The lowest BCUT2D eigenvalue weighted by Gasteiger charge is -2.18. The van der Waals surface area contributed by atoms with Crippen molar-refractivity contribution in [2.45, 2.75) is 20.0 Å². The first-order chi connectivity index (χ1) is 12.4. The molecule has 0 aliphatic rings. The molecule has 2 aromatic heterocycles. The summed E-state index contributed by atoms with van der Waals surface area (Å²) >= 11 is 1.11. The van der Waals surface area contributed by atoms with Crippen molar-refractivity contribution in [3.63, 3.8) is 0 Å². The predicted molar refractivity (Wildman–Crippen MR) is 98.5 cm³/mol. The first-order valence-corrected chi connectivity index (χ1v) is 8.76. The zero-order valence-electron chi connectivity index (χ0n) is 14.3. The van der Waals surface area contributed by atoms with Crippen molar-refractivity contribution >= 4 is 33.4 Å². The third kappa shape index (κ3) is 3.36. The molecule has 0 aliphatic heterocycles. The Bertz CT molecular complexity index is 1040. The van der Waals surface area contributed by atoms with Crippen LogP contribution < -0.4 is 5.56 Å². The number of likely N-dealkylation sites (N-methyl/N-ethyl adjacent to an activating group) is 1. The summed E-state index contributed by atoms with van der Waals surface area (Å²) in [6, 6.07) is 9.52. The lowest BCUT2D eigenvalue weighted by molar-refractivity contribution is -0.131. The van der Waals surface area contributed by atoms with Crippen molar-refractivity contribution in [2.75, 3.05) is 7.05 Å². The van der Waals surface area contributed by atoms with Gasteiger partial charge in [0, 0.05) is 19.0 Å². The minimum Gasteiger partial charge on any atom is -0.478 e. The van der Waals surface area contributed by atoms with Crippen LogP contribution in [0.4, 0.5) is 0 Å². The average molecular weight is 371 g/mol. The number of amides is 1. The normalized spacial score (nSPS) is 10.8. The third-order valence-corrected chi connectivity index (χ3v) is 4.97. The number of fused-ring (bicyclic) bond motifs is 1. The van der Waals surface area contributed by atoms with E-state index in [4.69, 9.17) is 0 Å². The molecule has 0 atom stereocenters. The lowest BCUT2D eigenvalue weighted by Crippen LogP contribution is -2.35. The fourth-order valence-electron chi connectivity index (χ4n) is 2.67. The molecule has 0 fully saturated rings. The molecule has 1 aromatic carbocycles. The number of carboxylic acid groups (broad SMARTS) is 1. The van der Waals surface area contributed by atoms with Crippen LogP contribution >= 0.6 is 11.3 Å². The van der Waals surface area contributed by atoms with Gasteiger partial charge in [-0.05, 0) is 12.5 Å². The minimum absolute atomic E-state index is 0.0478. The van der Waals surface area contributed by atoms with Crippen LogP contribution in [-0.2, 0) is 17.9 Å². The van der Waals surface area contributed by atoms with Crippen molar-refractivity contribution in [3.05, 3.63) is 63.0 Å². The lowest BCUT2D eigenvalue weighted by atomic mass is 10.2. The fraction of sp³-hybridized carbons (Fsp3) is 0.222. The highest BCUT2D eigenvalue weighted by atomic mass is 32.1. The summed E-state index contributed by atoms with van der Waals surface area (Å²) in [5.74, 6) is -1.06. The molecule has 0 bridgehead atoms. The number of thiophene rings is 1. The Hall–Kier alpha value is -3.00. The topological polar surface area (TPSA) is 92.5 Å². The second-order valence-corrected chi connectivity index (χ2v) is 6.78. The van der Waals surface area contributed by atoms with Crippen molar-refractivity contribution in [3.8, 4) is 0 Å². The van der Waals surface area contributed by atoms with Gasteiger partial charge in [-0.15, -0.1) is 11.3 Å². The molecule has 7 nitrogen and oxygen atoms in total. The van der Waals surface area contributed by atoms with Crippen molar-refractivity contribution in [2.24, 2.45) is 0 Å². The Morgan fingerprint density at radius 3 is 2.62 bits per heavy atom. The maximum Gasteiger partial charge on any atom is 0.337 e. The number of carbonyl (C=O) groups is 2. The van der Waals surface area contributed by atoms with Crippen LogP contribution in [0.15, 0.2) is 40.5 Å². The molecular weight excluding hydrogens is 354 g/mol. The molecule has 0 saturated carbocycles. The molecule has 134 valence electrons. The maximum absolute atomic E-state index is 12.7. The zero-order valence-corrected chi connectivity index (χ0v) is 15.1. The Kier molecular flexibility index (Phi) is 4.85. The molecule has 0 aliphatic carbocycles. The fourth-order valence-corrected chi connectivity index (χ4v) is 3.62. The Balaban J connectivity index is 1.90. The van der Waals surface area contributed by atoms with E-state index in [1.165, 1.54) is 14.8 Å². The molecule has 1 N–H and O–H groups in total. The van der Waals surface area contributed by atoms with Gasteiger partial charge in [0.05, 0.1) is 10.9 Å². The third-order valence-electron chi connectivity index (χ3n) is 4.10. The van der Waals surface area contributed by atoms with Crippen molar-refractivity contribution in [1.82, 2.24) is 14.5 Å². The number of carbonyl (C=O) groups excluding carboxylic acids is 1. The van der Waals surface area contributed by atoms with Crippen LogP contribution in [0, 0.1) is 6.92 Å². The highest BCUT2D eigenvalue weighted by Gasteiger charge is 2.20. The number of carboxylic acids is 1. The van der Waals surface area contributed by atoms with Crippen molar-refractivity contribution < 1.29 is 14.7 Å². The number of aromatic nitrogens is 2. The highest BCUT2D eigenvalue weighted by molar-refractivity contribution is 7.17. The first kappa shape index (κ1) is 17.8. The Labute approximate surface area is 153 Å². The van der Waals surface area contributed by atoms with E-state index in [0.717, 1.165) is 16.9 Å². The van der Waals surface area contributed by atoms with E-state index in [2.05, 4.69) is 4.98 Å². The molecule has 0 radical (unpaired) electrons. The molecule has 8 heteroatoms. The SMILES string of the molecule is Cc1nc2scc(C(=O)O)c2c(=O)n1CC(=O)N(C)Cc1ccccc1. The number of aromatic carboxylic acids is 1. The average Bonchev–Trinajstić information content (AvgIpc) is 3.03. The molecular formula is C18H17N3O4S. The van der Waals surface area contributed by atoms with Gasteiger partial charge in [0.25, 0.3) is 5.56 Å². The molecule has 3 aromatic rings. The number of benzene rings is 1. The molecule has 0 unspecified atom stereocenters. The smallest absolute Gasteiger partial charge is 0.337 e. The van der Waals surface area contributed by atoms with Gasteiger partial charge in [-0.1, -0.05) is 30.3 Å². The van der Waals surface area contributed by atoms with E-state index in [-0.39, 0.29) is 23.4 Å². The number of aryl methyl sites for hydroxylation is 1. The van der Waals surface area contributed by atoms with E-state index in [9.17, 15) is 19.5 Å². The quantitative estimate of drug-likeness (QED) is 0.742. The van der Waals surface area contributed by atoms with Crippen LogP contribution in [0.5, 0.6) is 0 Å². The second kappa shape index (κ2) is 7.09. The van der Waals surface area contributed by atoms with Gasteiger partial charge in [0.15, 0.2) is 0 Å². The predicted octanol–water partition coefficient (Wildman–Crippen LogP) is 2.12. The van der Waals surface area contributed by atoms with Crippen molar-refractivity contribution in [1.29, 1.82) is 0 Å². The van der Waals surface area contributed by atoms with E-state index in [1.54, 1.807) is 14.0 Å². The maximum atomic E-state index is 12.7. The molecule has 3 rings (SSSR count). The van der Waals surface area contributed by atoms with Gasteiger partial charge >= 0.3 is 5.97 Å². The van der Waals surface area contributed by atoms with Gasteiger partial charge in [0.1, 0.15) is 17.2 Å². The van der Waals surface area contributed by atoms with E-state index >= 15 is 0 Å². The molecule has 2 heterocycles. The van der Waals surface area contributed by atoms with Crippen LogP contribution in [-0.4, -0.2) is 38.5 Å². The first-order valence-electron chi connectivity index (χ1n) is 7.88. The van der Waals surface area contributed by atoms with E-state index < -0.39 is 11.5 Å². The number of hydrogen-bond acceptors (Lipinski definition) is 5. The molecule has 0 saturated heterocycles. The molecule has 1 amide bonds. The van der Waals surface area contributed by atoms with Crippen LogP contribution in [0.3, 0.4) is 0 Å². The standard InChI is InChI=1S/C18H17N3O4S/c1-11-19-16-15(13(10-26-16)18(24)25)17(23)21(11)9-14(22)20(2)8-12-6-4-3-5-7-12/h3-7,10H,8-9H2,1-2H3,(H,24,25). The monoisotopic (exact) mass is 371 g/mol. The summed E-state index contributed by atoms with van der Waals surface area (Å²) in [6.07, 6.45) is 0. The van der Waals surface area contributed by atoms with Gasteiger partial charge in [0.2, 0.25) is 5.91 Å². The largest absolute Gasteiger partial charge is 0.478 e. The molecule has 26 heavy (non-hydrogen) atoms. The minimum atomic E-state index is -1.18. The summed E-state index contributed by atoms with van der Waals surface area (Å²) in [7, 11) is 1.66. The number of nitrogens with zero attached hydrogens (tertiary/aromatic N) is 3. The number of rotatable bonds is 5. The second-order valence-electron chi connectivity index (χ2n) is 5.92. The number of hydrogen-bond donors (Lipinski definition) is 1. The summed E-state index contributed by atoms with van der Waals surface area (Å²) < 4.78 is 1.23. The van der Waals surface area contributed by atoms with Gasteiger partial charge < -0.3 is 10.0 Å². The van der Waals surface area contributed by atoms with Crippen LogP contribution in [0.25, 0.3) is 10.2 Å². The van der Waals surface area contributed by atoms with E-state index in [1.807, 2.05) is 30.3 Å². The molecule has 0 spiro atoms. The summed E-state index contributed by atoms with van der Waals surface area (Å²) in [5.41, 5.74) is 0.390. The summed E-state index contributed by atoms with van der Waals surface area (Å²) in [6.45, 7) is 1.86. The highest BCUT2D eigenvalue weighted by Crippen LogP contribution is 2.21. The Morgan fingerprint density at radius 2 is 1.96 bits per heavy atom. The summed E-state index contributed by atoms with van der Waals surface area (Å²) in [5, 5.41) is 10.7. The van der Waals surface area contributed by atoms with Gasteiger partial charge in [-0.2, -0.15) is 0 Å². The van der Waals surface area contributed by atoms with Crippen LogP contribution in [0.2, 0.25) is 0 Å².